The Bertz CT molecular complexity index is 7080. The van der Waals surface area contributed by atoms with E-state index in [1.165, 1.54) is 188 Å². The molecule has 2 aliphatic heterocycles. The van der Waals surface area contributed by atoms with E-state index >= 15 is 0 Å². The van der Waals surface area contributed by atoms with E-state index in [-0.39, 0.29) is 32.5 Å². The summed E-state index contributed by atoms with van der Waals surface area (Å²) >= 11 is 0. The van der Waals surface area contributed by atoms with Crippen LogP contribution in [0, 0.1) is 0 Å². The van der Waals surface area contributed by atoms with Crippen molar-refractivity contribution in [3.63, 3.8) is 0 Å². The van der Waals surface area contributed by atoms with Crippen LogP contribution in [0.4, 0.5) is 34.1 Å². The molecule has 22 rings (SSSR count). The molecule has 4 aromatic heterocycles. The fourth-order valence-corrected chi connectivity index (χ4v) is 20.0. The number of rotatable bonds is 7. The summed E-state index contributed by atoms with van der Waals surface area (Å²) in [7, 11) is 0. The summed E-state index contributed by atoms with van der Waals surface area (Å²) in [5, 5.41) is 10.4. The topological polar surface area (TPSA) is 26.2 Å². The first kappa shape index (κ1) is 78.8. The lowest BCUT2D eigenvalue weighted by Crippen LogP contribution is -2.31. The van der Waals surface area contributed by atoms with E-state index in [2.05, 4.69) is 503 Å². The summed E-state index contributed by atoms with van der Waals surface area (Å²) in [6.45, 7) is 36.8. The highest BCUT2D eigenvalue weighted by molar-refractivity contribution is 6.13. The smallest absolute Gasteiger partial charge is 0.0541 e. The standard InChI is InChI=1S/C44H40N2.C38H36N2.C36H32N2/c1-43(2,3)31-21-23-41-37(27-31)35-17-7-9-19-39(35)45(41)33-15-11-13-29(25-33)30-14-12-16-34(26-30)46-40-20-10-8-18-36(40)38-28-32(44(4,5)6)22-24-42(38)46;1-37(2,3)25-18-20-35-31(22-25)29-14-7-9-16-33(29)39(35)27-12-11-13-28(24-27)40-34-17-10-8-15-30(34)32-23-26(38(4,5)6)19-21-36(32)40;1-35(2)27-16-5-9-20-31(27)37(32-21-10-6-17-28(32)35)25-14-13-15-26(24-25)38-33-22-11-7-18-29(33)36(3,4)30-19-8-12-23-34(30)38/h7-28H,1-6H3;7-24H,1-6H3;5-24H,1-4H3. The normalized spacial score (nSPS) is 13.7. The van der Waals surface area contributed by atoms with E-state index in [1.807, 2.05) is 0 Å². The van der Waals surface area contributed by atoms with E-state index in [0.717, 1.165) is 11.4 Å². The lowest BCUT2D eigenvalue weighted by molar-refractivity contribution is 0.591. The van der Waals surface area contributed by atoms with Gasteiger partial charge in [-0.3, -0.25) is 0 Å². The third kappa shape index (κ3) is 13.3. The highest BCUT2D eigenvalue weighted by Crippen LogP contribution is 2.56. The van der Waals surface area contributed by atoms with Crippen LogP contribution in [0.25, 0.3) is 121 Å². The van der Waals surface area contributed by atoms with Crippen LogP contribution >= 0.6 is 0 Å². The average Bonchev–Trinajstić information content (AvgIpc) is 0.956. The lowest BCUT2D eigenvalue weighted by atomic mass is 9.73. The number of nitrogens with zero attached hydrogens (tertiary/aromatic N) is 6. The zero-order valence-corrected chi connectivity index (χ0v) is 74.3. The molecule has 0 saturated heterocycles. The summed E-state index contributed by atoms with van der Waals surface area (Å²) < 4.78 is 9.69. The van der Waals surface area contributed by atoms with Crippen molar-refractivity contribution < 1.29 is 0 Å². The second kappa shape index (κ2) is 29.6. The summed E-state index contributed by atoms with van der Waals surface area (Å²) in [5.41, 5.74) is 35.3. The van der Waals surface area contributed by atoms with E-state index < -0.39 is 0 Å². The first-order valence-corrected chi connectivity index (χ1v) is 44.1. The van der Waals surface area contributed by atoms with Gasteiger partial charge in [-0.15, -0.1) is 0 Å². The Balaban J connectivity index is 0.000000118. The van der Waals surface area contributed by atoms with E-state index in [1.54, 1.807) is 0 Å². The van der Waals surface area contributed by atoms with Gasteiger partial charge in [0.15, 0.2) is 0 Å². The number of fused-ring (bicyclic) bond motifs is 16. The third-order valence-corrected chi connectivity index (χ3v) is 26.7. The molecule has 20 aromatic rings. The van der Waals surface area contributed by atoms with Gasteiger partial charge >= 0.3 is 0 Å². The van der Waals surface area contributed by atoms with Crippen LogP contribution in [0.3, 0.4) is 0 Å². The van der Waals surface area contributed by atoms with Gasteiger partial charge in [0.25, 0.3) is 0 Å². The van der Waals surface area contributed by atoms with Crippen LogP contribution in [0.2, 0.25) is 0 Å². The Morgan fingerprint density at radius 3 is 0.653 bits per heavy atom. The second-order valence-corrected chi connectivity index (χ2v) is 39.5. The zero-order chi connectivity index (χ0) is 85.7. The first-order valence-electron chi connectivity index (χ1n) is 44.1. The van der Waals surface area contributed by atoms with Gasteiger partial charge in [-0.25, -0.2) is 0 Å². The van der Waals surface area contributed by atoms with Crippen molar-refractivity contribution in [1.82, 2.24) is 18.3 Å². The van der Waals surface area contributed by atoms with Gasteiger partial charge in [-0.2, -0.15) is 0 Å². The molecule has 124 heavy (non-hydrogen) atoms. The van der Waals surface area contributed by atoms with Crippen molar-refractivity contribution in [2.24, 2.45) is 0 Å². The Kier molecular flexibility index (Phi) is 18.8. The molecular formula is C118H108N6. The molecule has 0 bridgehead atoms. The number of benzene rings is 16. The number of para-hydroxylation sites is 8. The van der Waals surface area contributed by atoms with Gasteiger partial charge in [-0.05, 0) is 235 Å². The summed E-state index contributed by atoms with van der Waals surface area (Å²) in [4.78, 5) is 4.87. The second-order valence-electron chi connectivity index (χ2n) is 39.5. The number of hydrogen-bond acceptors (Lipinski definition) is 2. The fraction of sp³-hybridized carbons (Fsp3) is 0.186. The maximum atomic E-state index is 2.44. The fourth-order valence-electron chi connectivity index (χ4n) is 20.0. The Labute approximate surface area is 730 Å². The van der Waals surface area contributed by atoms with E-state index in [0.29, 0.717) is 0 Å². The zero-order valence-electron chi connectivity index (χ0n) is 74.3. The number of hydrogen-bond donors (Lipinski definition) is 0. The minimum Gasteiger partial charge on any atom is -0.310 e. The molecule has 0 N–H and O–H groups in total. The maximum absolute atomic E-state index is 2.44. The van der Waals surface area contributed by atoms with E-state index in [4.69, 9.17) is 0 Å². The third-order valence-electron chi connectivity index (χ3n) is 26.7. The Hall–Kier alpha value is -13.7. The molecule has 0 unspecified atom stereocenters. The summed E-state index contributed by atoms with van der Waals surface area (Å²) in [6, 6.07) is 134. The van der Waals surface area contributed by atoms with Gasteiger partial charge in [0, 0.05) is 88.0 Å². The molecule has 6 heterocycles. The molecule has 0 fully saturated rings. The largest absolute Gasteiger partial charge is 0.310 e. The predicted molar refractivity (Wildman–Crippen MR) is 531 cm³/mol. The van der Waals surface area contributed by atoms with Crippen molar-refractivity contribution in [2.75, 3.05) is 9.80 Å². The Morgan fingerprint density at radius 1 is 0.177 bits per heavy atom. The molecule has 0 saturated carbocycles. The molecule has 6 heteroatoms. The maximum Gasteiger partial charge on any atom is 0.0541 e. The highest BCUT2D eigenvalue weighted by Gasteiger charge is 2.39. The van der Waals surface area contributed by atoms with Crippen LogP contribution in [-0.4, -0.2) is 18.3 Å². The van der Waals surface area contributed by atoms with Crippen molar-refractivity contribution >= 4 is 121 Å². The molecule has 0 aliphatic carbocycles. The molecule has 16 aromatic carbocycles. The van der Waals surface area contributed by atoms with Crippen molar-refractivity contribution in [3.8, 4) is 33.9 Å². The van der Waals surface area contributed by atoms with Crippen LogP contribution in [0.5, 0.6) is 0 Å². The van der Waals surface area contributed by atoms with Gasteiger partial charge in [0.1, 0.15) is 0 Å². The van der Waals surface area contributed by atoms with Crippen LogP contribution in [-0.2, 0) is 32.5 Å². The average molecular weight is 1610 g/mol. The minimum atomic E-state index is -0.0718. The molecular weight excluding hydrogens is 1500 g/mol. The minimum absolute atomic E-state index is 0.0718. The lowest BCUT2D eigenvalue weighted by Gasteiger charge is -2.43. The SMILES string of the molecule is CC(C)(C)c1ccc2c(c1)c1ccccc1n2-c1cccc(-c2cccc(-n3c4ccccc4c4cc(C(C)(C)C)ccc43)c2)c1.CC(C)(C)c1ccc2c(c1)c1ccccc1n2-c1cccc(-n2c3ccccc3c3cc(C(C)(C)C)ccc32)c1.CC1(C)c2ccccc2N(c2cccc(N3c4ccccc4C(C)(C)c4ccccc43)c2)c2ccccc21. The monoisotopic (exact) mass is 1610 g/mol. The van der Waals surface area contributed by atoms with Crippen molar-refractivity contribution in [1.29, 1.82) is 0 Å². The summed E-state index contributed by atoms with van der Waals surface area (Å²) in [6.07, 6.45) is 0. The van der Waals surface area contributed by atoms with Crippen LogP contribution in [0.1, 0.15) is 155 Å². The molecule has 2 aliphatic rings. The van der Waals surface area contributed by atoms with Gasteiger partial charge in [0.05, 0.1) is 66.9 Å². The molecule has 6 nitrogen and oxygen atoms in total. The first-order chi connectivity index (χ1) is 59.6. The summed E-state index contributed by atoms with van der Waals surface area (Å²) in [5.74, 6) is 0. The highest BCUT2D eigenvalue weighted by atomic mass is 15.2. The van der Waals surface area contributed by atoms with Crippen molar-refractivity contribution in [3.05, 3.63) is 408 Å². The molecule has 0 amide bonds. The number of anilines is 6. The van der Waals surface area contributed by atoms with Gasteiger partial charge in [0.2, 0.25) is 0 Å². The van der Waals surface area contributed by atoms with Crippen LogP contribution in [0.15, 0.2) is 364 Å². The quantitative estimate of drug-likeness (QED) is 0.159. The predicted octanol–water partition coefficient (Wildman–Crippen LogP) is 32.5. The molecule has 0 spiro atoms. The Morgan fingerprint density at radius 2 is 0.387 bits per heavy atom. The van der Waals surface area contributed by atoms with Gasteiger partial charge < -0.3 is 28.1 Å². The van der Waals surface area contributed by atoms with Crippen LogP contribution < -0.4 is 9.80 Å². The molecule has 0 atom stereocenters. The van der Waals surface area contributed by atoms with Gasteiger partial charge in [-0.1, -0.05) is 317 Å². The number of aromatic nitrogens is 4. The molecule has 610 valence electrons. The molecule has 0 radical (unpaired) electrons. The van der Waals surface area contributed by atoms with Crippen molar-refractivity contribution in [2.45, 2.75) is 143 Å². The van der Waals surface area contributed by atoms with E-state index in [9.17, 15) is 0 Å².